The molecule has 3 aromatic carbocycles. The standard InChI is InChI=1S/C18H13NO3/c1-10-6-2-3-7-11(10)18-19-14-15(20)12-8-4-5-9-13(12)16(21)17(14)22-18/h2-9,20-21H,1H3. The van der Waals surface area contributed by atoms with E-state index in [-0.39, 0.29) is 22.6 Å². The van der Waals surface area contributed by atoms with Crippen LogP contribution in [0.3, 0.4) is 0 Å². The second-order valence-electron chi connectivity index (χ2n) is 5.25. The number of phenols is 2. The largest absolute Gasteiger partial charge is 0.505 e. The summed E-state index contributed by atoms with van der Waals surface area (Å²) in [7, 11) is 0. The van der Waals surface area contributed by atoms with Crippen molar-refractivity contribution in [2.24, 2.45) is 0 Å². The lowest BCUT2D eigenvalue weighted by atomic mass is 10.1. The zero-order chi connectivity index (χ0) is 15.3. The Hall–Kier alpha value is -3.01. The van der Waals surface area contributed by atoms with Crippen LogP contribution in [0.15, 0.2) is 52.9 Å². The number of rotatable bonds is 1. The van der Waals surface area contributed by atoms with Gasteiger partial charge in [-0.2, -0.15) is 0 Å². The third-order valence-electron chi connectivity index (χ3n) is 3.88. The van der Waals surface area contributed by atoms with Crippen LogP contribution in [0.1, 0.15) is 5.56 Å². The molecule has 0 atom stereocenters. The van der Waals surface area contributed by atoms with Crippen LogP contribution in [0.2, 0.25) is 0 Å². The lowest BCUT2D eigenvalue weighted by Crippen LogP contribution is -1.81. The van der Waals surface area contributed by atoms with Crippen LogP contribution in [0.5, 0.6) is 11.5 Å². The molecule has 0 unspecified atom stereocenters. The number of aryl methyl sites for hydroxylation is 1. The number of benzene rings is 3. The highest BCUT2D eigenvalue weighted by atomic mass is 16.4. The van der Waals surface area contributed by atoms with E-state index in [1.807, 2.05) is 31.2 Å². The minimum Gasteiger partial charge on any atom is -0.505 e. The summed E-state index contributed by atoms with van der Waals surface area (Å²) < 4.78 is 5.73. The minimum absolute atomic E-state index is 0.00395. The topological polar surface area (TPSA) is 66.5 Å². The number of hydrogen-bond acceptors (Lipinski definition) is 4. The zero-order valence-electron chi connectivity index (χ0n) is 11.9. The van der Waals surface area contributed by atoms with E-state index in [9.17, 15) is 10.2 Å². The maximum absolute atomic E-state index is 10.4. The number of aromatic hydroxyl groups is 2. The van der Waals surface area contributed by atoms with Gasteiger partial charge in [-0.25, -0.2) is 4.98 Å². The van der Waals surface area contributed by atoms with E-state index < -0.39 is 0 Å². The van der Waals surface area contributed by atoms with Crippen LogP contribution in [-0.4, -0.2) is 15.2 Å². The summed E-state index contributed by atoms with van der Waals surface area (Å²) in [6, 6.07) is 14.8. The Morgan fingerprint density at radius 1 is 0.864 bits per heavy atom. The third kappa shape index (κ3) is 1.67. The van der Waals surface area contributed by atoms with Gasteiger partial charge in [0.15, 0.2) is 17.0 Å². The van der Waals surface area contributed by atoms with E-state index in [1.54, 1.807) is 24.3 Å². The van der Waals surface area contributed by atoms with Gasteiger partial charge in [-0.3, -0.25) is 0 Å². The normalized spacial score (nSPS) is 11.3. The Labute approximate surface area is 126 Å². The first-order valence-electron chi connectivity index (χ1n) is 6.96. The van der Waals surface area contributed by atoms with Crippen LogP contribution in [0, 0.1) is 6.92 Å². The predicted octanol–water partition coefficient (Wildman–Crippen LogP) is 4.37. The highest BCUT2D eigenvalue weighted by Gasteiger charge is 2.20. The monoisotopic (exact) mass is 291 g/mol. The summed E-state index contributed by atoms with van der Waals surface area (Å²) >= 11 is 0. The van der Waals surface area contributed by atoms with E-state index in [1.165, 1.54) is 0 Å². The fourth-order valence-electron chi connectivity index (χ4n) is 2.72. The van der Waals surface area contributed by atoms with Crippen molar-refractivity contribution < 1.29 is 14.6 Å². The third-order valence-corrected chi connectivity index (χ3v) is 3.88. The van der Waals surface area contributed by atoms with Gasteiger partial charge in [0.25, 0.3) is 0 Å². The molecule has 2 N–H and O–H groups in total. The highest BCUT2D eigenvalue weighted by molar-refractivity contribution is 6.07. The van der Waals surface area contributed by atoms with Gasteiger partial charge in [0, 0.05) is 16.3 Å². The van der Waals surface area contributed by atoms with Gasteiger partial charge in [-0.1, -0.05) is 42.5 Å². The van der Waals surface area contributed by atoms with Gasteiger partial charge < -0.3 is 14.6 Å². The molecule has 0 aliphatic carbocycles. The Kier molecular flexibility index (Phi) is 2.60. The van der Waals surface area contributed by atoms with Crippen LogP contribution in [0.25, 0.3) is 33.3 Å². The molecule has 4 aromatic rings. The fourth-order valence-corrected chi connectivity index (χ4v) is 2.72. The number of nitrogens with zero attached hydrogens (tertiary/aromatic N) is 1. The van der Waals surface area contributed by atoms with Crippen LogP contribution >= 0.6 is 0 Å². The van der Waals surface area contributed by atoms with Gasteiger partial charge in [0.05, 0.1) is 0 Å². The molecule has 0 saturated carbocycles. The first kappa shape index (κ1) is 12.7. The number of aromatic nitrogens is 1. The second-order valence-corrected chi connectivity index (χ2v) is 5.25. The SMILES string of the molecule is Cc1ccccc1-c1nc2c(O)c3ccccc3c(O)c2o1. The van der Waals surface area contributed by atoms with Gasteiger partial charge in [0.1, 0.15) is 0 Å². The average molecular weight is 291 g/mol. The first-order chi connectivity index (χ1) is 10.7. The van der Waals surface area contributed by atoms with Gasteiger partial charge in [-0.05, 0) is 18.6 Å². The number of hydrogen-bond donors (Lipinski definition) is 2. The molecular formula is C18H13NO3. The molecule has 0 spiro atoms. The van der Waals surface area contributed by atoms with E-state index in [4.69, 9.17) is 4.42 Å². The maximum Gasteiger partial charge on any atom is 0.227 e. The van der Waals surface area contributed by atoms with Crippen molar-refractivity contribution in [3.05, 3.63) is 54.1 Å². The molecule has 1 aromatic heterocycles. The van der Waals surface area contributed by atoms with Crippen molar-refractivity contribution in [2.75, 3.05) is 0 Å². The first-order valence-corrected chi connectivity index (χ1v) is 6.96. The molecule has 0 fully saturated rings. The van der Waals surface area contributed by atoms with Crippen molar-refractivity contribution in [3.8, 4) is 23.0 Å². The van der Waals surface area contributed by atoms with Crippen molar-refractivity contribution in [1.82, 2.24) is 4.98 Å². The fraction of sp³-hybridized carbons (Fsp3) is 0.0556. The van der Waals surface area contributed by atoms with E-state index in [2.05, 4.69) is 4.98 Å². The molecule has 4 heteroatoms. The molecule has 0 amide bonds. The molecular weight excluding hydrogens is 278 g/mol. The van der Waals surface area contributed by atoms with Crippen LogP contribution in [0.4, 0.5) is 0 Å². The summed E-state index contributed by atoms with van der Waals surface area (Å²) in [6.45, 7) is 1.96. The second kappa shape index (κ2) is 4.49. The molecule has 0 bridgehead atoms. The minimum atomic E-state index is -0.00395. The summed E-state index contributed by atoms with van der Waals surface area (Å²) in [5, 5.41) is 21.9. The van der Waals surface area contributed by atoms with E-state index in [0.29, 0.717) is 16.7 Å². The molecule has 108 valence electrons. The smallest absolute Gasteiger partial charge is 0.227 e. The Bertz CT molecular complexity index is 959. The van der Waals surface area contributed by atoms with E-state index in [0.717, 1.165) is 11.1 Å². The number of oxazole rings is 1. The number of phenolic OH excluding ortho intramolecular Hbond substituents is 2. The van der Waals surface area contributed by atoms with Crippen molar-refractivity contribution in [3.63, 3.8) is 0 Å². The van der Waals surface area contributed by atoms with Gasteiger partial charge in [0.2, 0.25) is 11.5 Å². The Morgan fingerprint density at radius 2 is 1.50 bits per heavy atom. The highest BCUT2D eigenvalue weighted by Crippen LogP contribution is 2.42. The average Bonchev–Trinajstić information content (AvgIpc) is 2.98. The zero-order valence-corrected chi connectivity index (χ0v) is 11.9. The molecule has 1 heterocycles. The molecule has 4 rings (SSSR count). The van der Waals surface area contributed by atoms with Crippen molar-refractivity contribution >= 4 is 21.9 Å². The lowest BCUT2D eigenvalue weighted by molar-refractivity contribution is 0.467. The molecule has 0 radical (unpaired) electrons. The quantitative estimate of drug-likeness (QED) is 0.511. The summed E-state index contributed by atoms with van der Waals surface area (Å²) in [5.41, 5.74) is 2.32. The van der Waals surface area contributed by atoms with Crippen molar-refractivity contribution in [2.45, 2.75) is 6.92 Å². The van der Waals surface area contributed by atoms with Crippen LogP contribution in [-0.2, 0) is 0 Å². The summed E-state index contributed by atoms with van der Waals surface area (Å²) in [6.07, 6.45) is 0. The lowest BCUT2D eigenvalue weighted by Gasteiger charge is -2.03. The number of fused-ring (bicyclic) bond motifs is 2. The summed E-state index contributed by atoms with van der Waals surface area (Å²) in [4.78, 5) is 4.38. The van der Waals surface area contributed by atoms with E-state index >= 15 is 0 Å². The predicted molar refractivity (Wildman–Crippen MR) is 85.0 cm³/mol. The van der Waals surface area contributed by atoms with Gasteiger partial charge >= 0.3 is 0 Å². The molecule has 4 nitrogen and oxygen atoms in total. The van der Waals surface area contributed by atoms with Gasteiger partial charge in [-0.15, -0.1) is 0 Å². The molecule has 0 aliphatic heterocycles. The molecule has 0 aliphatic rings. The Morgan fingerprint density at radius 3 is 2.23 bits per heavy atom. The Balaban J connectivity index is 2.10. The van der Waals surface area contributed by atoms with Crippen LogP contribution < -0.4 is 0 Å². The maximum atomic E-state index is 10.4. The summed E-state index contributed by atoms with van der Waals surface area (Å²) in [5.74, 6) is 0.400. The molecule has 22 heavy (non-hydrogen) atoms. The molecule has 0 saturated heterocycles. The van der Waals surface area contributed by atoms with Crippen molar-refractivity contribution in [1.29, 1.82) is 0 Å².